The SMILES string of the molecule is CNC[C@]1(O)Cc2ccccc2[C@@H]1Oc1ccccc1Br. The van der Waals surface area contributed by atoms with Crippen LogP contribution in [0.1, 0.15) is 17.2 Å². The van der Waals surface area contributed by atoms with Gasteiger partial charge in [0.15, 0.2) is 6.10 Å². The van der Waals surface area contributed by atoms with Gasteiger partial charge in [0, 0.05) is 13.0 Å². The summed E-state index contributed by atoms with van der Waals surface area (Å²) >= 11 is 3.50. The van der Waals surface area contributed by atoms with E-state index in [9.17, 15) is 5.11 Å². The van der Waals surface area contributed by atoms with Crippen molar-refractivity contribution in [3.8, 4) is 5.75 Å². The summed E-state index contributed by atoms with van der Waals surface area (Å²) in [6.07, 6.45) is 0.221. The normalized spacial score (nSPS) is 23.9. The topological polar surface area (TPSA) is 41.5 Å². The van der Waals surface area contributed by atoms with Crippen molar-refractivity contribution in [1.29, 1.82) is 0 Å². The maximum absolute atomic E-state index is 11.0. The molecular formula is C17H18BrNO2. The highest BCUT2D eigenvalue weighted by molar-refractivity contribution is 9.10. The summed E-state index contributed by atoms with van der Waals surface area (Å²) in [5.74, 6) is 0.744. The van der Waals surface area contributed by atoms with Gasteiger partial charge in [-0.3, -0.25) is 0 Å². The summed E-state index contributed by atoms with van der Waals surface area (Å²) in [5.41, 5.74) is 1.27. The van der Waals surface area contributed by atoms with E-state index >= 15 is 0 Å². The molecule has 1 aliphatic rings. The Balaban J connectivity index is 1.98. The van der Waals surface area contributed by atoms with Gasteiger partial charge in [-0.2, -0.15) is 0 Å². The van der Waals surface area contributed by atoms with Gasteiger partial charge in [-0.05, 0) is 46.2 Å². The highest BCUT2D eigenvalue weighted by Gasteiger charge is 2.46. The van der Waals surface area contributed by atoms with Gasteiger partial charge in [-0.1, -0.05) is 36.4 Å². The molecule has 3 rings (SSSR count). The van der Waals surface area contributed by atoms with Crippen LogP contribution in [0.15, 0.2) is 53.0 Å². The fourth-order valence-electron chi connectivity index (χ4n) is 2.96. The zero-order chi connectivity index (χ0) is 14.9. The Morgan fingerprint density at radius 2 is 1.95 bits per heavy atom. The molecule has 2 atom stereocenters. The molecular weight excluding hydrogens is 330 g/mol. The van der Waals surface area contributed by atoms with Gasteiger partial charge in [-0.15, -0.1) is 0 Å². The number of ether oxygens (including phenoxy) is 1. The third-order valence-corrected chi connectivity index (χ3v) is 4.54. The summed E-state index contributed by atoms with van der Waals surface area (Å²) in [6, 6.07) is 15.8. The maximum Gasteiger partial charge on any atom is 0.154 e. The third-order valence-electron chi connectivity index (χ3n) is 3.89. The predicted octanol–water partition coefficient (Wildman–Crippen LogP) is 3.08. The maximum atomic E-state index is 11.0. The lowest BCUT2D eigenvalue weighted by atomic mass is 9.97. The van der Waals surface area contributed by atoms with E-state index in [0.717, 1.165) is 21.3 Å². The van der Waals surface area contributed by atoms with Crippen LogP contribution in [0.4, 0.5) is 0 Å². The van der Waals surface area contributed by atoms with Gasteiger partial charge in [0.05, 0.1) is 4.47 Å². The second kappa shape index (κ2) is 5.79. The van der Waals surface area contributed by atoms with Crippen LogP contribution in [0.3, 0.4) is 0 Å². The van der Waals surface area contributed by atoms with Crippen molar-refractivity contribution in [3.05, 3.63) is 64.1 Å². The molecule has 2 aromatic carbocycles. The quantitative estimate of drug-likeness (QED) is 0.892. The largest absolute Gasteiger partial charge is 0.481 e. The summed E-state index contributed by atoms with van der Waals surface area (Å²) in [7, 11) is 1.84. The predicted molar refractivity (Wildman–Crippen MR) is 86.5 cm³/mol. The van der Waals surface area contributed by atoms with E-state index in [4.69, 9.17) is 4.74 Å². The minimum absolute atomic E-state index is 0.375. The average molecular weight is 348 g/mol. The highest BCUT2D eigenvalue weighted by Crippen LogP contribution is 2.43. The lowest BCUT2D eigenvalue weighted by molar-refractivity contribution is -0.0487. The third kappa shape index (κ3) is 2.71. The van der Waals surface area contributed by atoms with E-state index in [1.54, 1.807) is 0 Å². The highest BCUT2D eigenvalue weighted by atomic mass is 79.9. The average Bonchev–Trinajstić information content (AvgIpc) is 2.74. The standard InChI is InChI=1S/C17H18BrNO2/c1-19-11-17(20)10-12-6-2-3-7-13(12)16(17)21-15-9-5-4-8-14(15)18/h2-9,16,19-20H,10-11H2,1H3/t16-,17+/m0/s1. The van der Waals surface area contributed by atoms with E-state index in [0.29, 0.717) is 13.0 Å². The molecule has 21 heavy (non-hydrogen) atoms. The smallest absolute Gasteiger partial charge is 0.154 e. The van der Waals surface area contributed by atoms with Crippen LogP contribution in [0.5, 0.6) is 5.75 Å². The summed E-state index contributed by atoms with van der Waals surface area (Å²) in [6.45, 7) is 0.483. The molecule has 0 radical (unpaired) electrons. The van der Waals surface area contributed by atoms with Crippen molar-refractivity contribution in [2.75, 3.05) is 13.6 Å². The number of benzene rings is 2. The minimum Gasteiger partial charge on any atom is -0.481 e. The monoisotopic (exact) mass is 347 g/mol. The fraction of sp³-hybridized carbons (Fsp3) is 0.294. The number of fused-ring (bicyclic) bond motifs is 1. The number of aliphatic hydroxyl groups is 1. The lowest BCUT2D eigenvalue weighted by Gasteiger charge is -2.31. The number of likely N-dealkylation sites (N-methyl/N-ethyl adjacent to an activating group) is 1. The number of halogens is 1. The van der Waals surface area contributed by atoms with E-state index < -0.39 is 5.60 Å². The van der Waals surface area contributed by atoms with Gasteiger partial charge in [0.25, 0.3) is 0 Å². The van der Waals surface area contributed by atoms with Crippen molar-refractivity contribution in [1.82, 2.24) is 5.32 Å². The Labute approximate surface area is 133 Å². The molecule has 0 saturated heterocycles. The van der Waals surface area contributed by atoms with Gasteiger partial charge >= 0.3 is 0 Å². The molecule has 2 aromatic rings. The Kier molecular flexibility index (Phi) is 4.02. The first-order valence-corrected chi connectivity index (χ1v) is 7.79. The molecule has 110 valence electrons. The fourth-order valence-corrected chi connectivity index (χ4v) is 3.34. The van der Waals surface area contributed by atoms with Crippen LogP contribution in [0.25, 0.3) is 0 Å². The van der Waals surface area contributed by atoms with Crippen molar-refractivity contribution in [2.45, 2.75) is 18.1 Å². The second-order valence-corrected chi connectivity index (χ2v) is 6.29. The number of hydrogen-bond donors (Lipinski definition) is 2. The van der Waals surface area contributed by atoms with Gasteiger partial charge in [0.2, 0.25) is 0 Å². The number of hydrogen-bond acceptors (Lipinski definition) is 3. The molecule has 0 heterocycles. The summed E-state index contributed by atoms with van der Waals surface area (Å²) in [4.78, 5) is 0. The first kappa shape index (κ1) is 14.6. The van der Waals surface area contributed by atoms with Crippen LogP contribution < -0.4 is 10.1 Å². The first-order valence-electron chi connectivity index (χ1n) is 7.00. The first-order chi connectivity index (χ1) is 10.1. The molecule has 0 saturated carbocycles. The van der Waals surface area contributed by atoms with Crippen LogP contribution in [0.2, 0.25) is 0 Å². The zero-order valence-corrected chi connectivity index (χ0v) is 13.4. The van der Waals surface area contributed by atoms with Crippen molar-refractivity contribution < 1.29 is 9.84 Å². The van der Waals surface area contributed by atoms with Crippen LogP contribution >= 0.6 is 15.9 Å². The molecule has 2 N–H and O–H groups in total. The second-order valence-electron chi connectivity index (χ2n) is 5.44. The Morgan fingerprint density at radius 1 is 1.24 bits per heavy atom. The van der Waals surface area contributed by atoms with Gasteiger partial charge in [0.1, 0.15) is 11.4 Å². The minimum atomic E-state index is -0.937. The molecule has 0 amide bonds. The van der Waals surface area contributed by atoms with Crippen molar-refractivity contribution >= 4 is 15.9 Å². The Morgan fingerprint density at radius 3 is 2.71 bits per heavy atom. The lowest BCUT2D eigenvalue weighted by Crippen LogP contribution is -2.45. The molecule has 0 unspecified atom stereocenters. The number of nitrogens with one attached hydrogen (secondary N) is 1. The van der Waals surface area contributed by atoms with E-state index in [1.165, 1.54) is 0 Å². The molecule has 0 aliphatic heterocycles. The molecule has 0 fully saturated rings. The van der Waals surface area contributed by atoms with Crippen LogP contribution in [-0.2, 0) is 6.42 Å². The van der Waals surface area contributed by atoms with Gasteiger partial charge < -0.3 is 15.2 Å². The van der Waals surface area contributed by atoms with E-state index in [2.05, 4.69) is 27.3 Å². The molecule has 4 heteroatoms. The van der Waals surface area contributed by atoms with E-state index in [1.807, 2.05) is 49.5 Å². The molecule has 3 nitrogen and oxygen atoms in total. The Bertz CT molecular complexity index is 646. The number of para-hydroxylation sites is 1. The van der Waals surface area contributed by atoms with Crippen molar-refractivity contribution in [2.24, 2.45) is 0 Å². The van der Waals surface area contributed by atoms with Crippen molar-refractivity contribution in [3.63, 3.8) is 0 Å². The zero-order valence-electron chi connectivity index (χ0n) is 11.8. The van der Waals surface area contributed by atoms with Crippen LogP contribution in [0, 0.1) is 0 Å². The molecule has 0 bridgehead atoms. The van der Waals surface area contributed by atoms with E-state index in [-0.39, 0.29) is 6.10 Å². The Hall–Kier alpha value is -1.36. The number of rotatable bonds is 4. The molecule has 1 aliphatic carbocycles. The molecule has 0 aromatic heterocycles. The summed E-state index contributed by atoms with van der Waals surface area (Å²) < 4.78 is 7.05. The molecule has 0 spiro atoms. The summed E-state index contributed by atoms with van der Waals surface area (Å²) in [5, 5.41) is 14.1. The van der Waals surface area contributed by atoms with Crippen LogP contribution in [-0.4, -0.2) is 24.3 Å². The van der Waals surface area contributed by atoms with Gasteiger partial charge in [-0.25, -0.2) is 0 Å².